The number of aliphatic imine (C=N–C) groups is 1. The molecule has 1 aromatic carbocycles. The van der Waals surface area contributed by atoms with Crippen LogP contribution in [-0.2, 0) is 6.42 Å². The summed E-state index contributed by atoms with van der Waals surface area (Å²) >= 11 is 0. The lowest BCUT2D eigenvalue weighted by atomic mass is 10.1. The van der Waals surface area contributed by atoms with Crippen molar-refractivity contribution >= 4 is 29.9 Å². The van der Waals surface area contributed by atoms with Gasteiger partial charge in [0.2, 0.25) is 0 Å². The van der Waals surface area contributed by atoms with E-state index in [-0.39, 0.29) is 24.0 Å². The second-order valence-corrected chi connectivity index (χ2v) is 5.28. The molecule has 0 aromatic heterocycles. The monoisotopic (exact) mass is 431 g/mol. The van der Waals surface area contributed by atoms with Gasteiger partial charge >= 0.3 is 0 Å². The maximum atomic E-state index is 5.25. The summed E-state index contributed by atoms with van der Waals surface area (Å²) in [6.45, 7) is 5.65. The molecule has 0 aliphatic rings. The van der Waals surface area contributed by atoms with E-state index in [1.165, 1.54) is 5.56 Å². The lowest BCUT2D eigenvalue weighted by Gasteiger charge is -2.21. The van der Waals surface area contributed by atoms with Crippen LogP contribution in [0.3, 0.4) is 0 Å². The van der Waals surface area contributed by atoms with E-state index < -0.39 is 0 Å². The Labute approximate surface area is 158 Å². The smallest absolute Gasteiger partial charge is 0.193 e. The van der Waals surface area contributed by atoms with E-state index in [2.05, 4.69) is 41.0 Å². The average Bonchev–Trinajstić information content (AvgIpc) is 2.55. The van der Waals surface area contributed by atoms with Gasteiger partial charge in [0, 0.05) is 27.2 Å². The van der Waals surface area contributed by atoms with E-state index in [1.54, 1.807) is 7.11 Å². The molecular formula is C18H30IN3O. The van der Waals surface area contributed by atoms with Crippen LogP contribution in [0.2, 0.25) is 0 Å². The lowest BCUT2D eigenvalue weighted by Crippen LogP contribution is -2.39. The fraction of sp³-hybridized carbons (Fsp3) is 0.500. The number of aryl methyl sites for hydroxylation is 1. The first-order valence-corrected chi connectivity index (χ1v) is 7.87. The van der Waals surface area contributed by atoms with Crippen molar-refractivity contribution in [2.45, 2.75) is 25.7 Å². The van der Waals surface area contributed by atoms with Crippen LogP contribution in [0.25, 0.3) is 0 Å². The molecule has 1 N–H and O–H groups in total. The summed E-state index contributed by atoms with van der Waals surface area (Å²) in [5, 5.41) is 3.41. The number of benzene rings is 1. The number of guanidine groups is 1. The number of hydrogen-bond acceptors (Lipinski definition) is 2. The number of nitrogens with zero attached hydrogens (tertiary/aromatic N) is 2. The van der Waals surface area contributed by atoms with Gasteiger partial charge in [-0.3, -0.25) is 4.99 Å². The summed E-state index contributed by atoms with van der Waals surface area (Å²) in [5.74, 6) is 1.87. The first kappa shape index (κ1) is 21.8. The summed E-state index contributed by atoms with van der Waals surface area (Å²) in [4.78, 5) is 6.49. The van der Waals surface area contributed by atoms with Crippen LogP contribution in [0.1, 0.15) is 24.8 Å². The number of rotatable bonds is 9. The highest BCUT2D eigenvalue weighted by Gasteiger charge is 2.04. The topological polar surface area (TPSA) is 36.9 Å². The molecule has 1 rings (SSSR count). The van der Waals surface area contributed by atoms with Crippen LogP contribution in [0.4, 0.5) is 0 Å². The zero-order valence-electron chi connectivity index (χ0n) is 14.5. The molecule has 0 aliphatic carbocycles. The SMILES string of the molecule is C=CCCCN(C)C(=NC)NCCCc1cccc(OC)c1.I. The molecule has 0 saturated heterocycles. The van der Waals surface area contributed by atoms with Crippen molar-refractivity contribution in [1.82, 2.24) is 10.2 Å². The molecule has 0 atom stereocenters. The first-order chi connectivity index (χ1) is 10.7. The predicted octanol–water partition coefficient (Wildman–Crippen LogP) is 3.72. The van der Waals surface area contributed by atoms with Crippen LogP contribution >= 0.6 is 24.0 Å². The number of methoxy groups -OCH3 is 1. The first-order valence-electron chi connectivity index (χ1n) is 7.87. The second kappa shape index (κ2) is 13.2. The van der Waals surface area contributed by atoms with Crippen molar-refractivity contribution in [3.05, 3.63) is 42.5 Å². The molecule has 0 radical (unpaired) electrons. The van der Waals surface area contributed by atoms with Gasteiger partial charge in [0.25, 0.3) is 0 Å². The Bertz CT molecular complexity index is 477. The minimum absolute atomic E-state index is 0. The normalized spacial score (nSPS) is 10.7. The summed E-state index contributed by atoms with van der Waals surface area (Å²) in [6, 6.07) is 8.24. The lowest BCUT2D eigenvalue weighted by molar-refractivity contribution is 0.414. The number of allylic oxidation sites excluding steroid dienone is 1. The van der Waals surface area contributed by atoms with Crippen molar-refractivity contribution in [2.24, 2.45) is 4.99 Å². The maximum Gasteiger partial charge on any atom is 0.193 e. The van der Waals surface area contributed by atoms with Gasteiger partial charge in [-0.15, -0.1) is 30.6 Å². The Kier molecular flexibility index (Phi) is 12.5. The molecule has 0 unspecified atom stereocenters. The number of unbranched alkanes of at least 4 members (excludes halogenated alkanes) is 1. The molecule has 0 spiro atoms. The molecule has 23 heavy (non-hydrogen) atoms. The van der Waals surface area contributed by atoms with E-state index in [0.29, 0.717) is 0 Å². The van der Waals surface area contributed by atoms with Gasteiger partial charge in [-0.25, -0.2) is 0 Å². The van der Waals surface area contributed by atoms with Crippen molar-refractivity contribution in [3.8, 4) is 5.75 Å². The van der Waals surface area contributed by atoms with Gasteiger partial charge in [0.05, 0.1) is 7.11 Å². The van der Waals surface area contributed by atoms with Gasteiger partial charge in [-0.2, -0.15) is 0 Å². The van der Waals surface area contributed by atoms with Crippen LogP contribution in [0, 0.1) is 0 Å². The molecule has 130 valence electrons. The number of nitrogens with one attached hydrogen (secondary N) is 1. The fourth-order valence-corrected chi connectivity index (χ4v) is 2.28. The third kappa shape index (κ3) is 8.83. The molecule has 0 aliphatic heterocycles. The average molecular weight is 431 g/mol. The maximum absolute atomic E-state index is 5.25. The molecule has 5 heteroatoms. The van der Waals surface area contributed by atoms with E-state index in [1.807, 2.05) is 25.3 Å². The third-order valence-electron chi connectivity index (χ3n) is 3.53. The molecule has 0 bridgehead atoms. The minimum Gasteiger partial charge on any atom is -0.497 e. The third-order valence-corrected chi connectivity index (χ3v) is 3.53. The Morgan fingerprint density at radius 3 is 2.83 bits per heavy atom. The predicted molar refractivity (Wildman–Crippen MR) is 110 cm³/mol. The van der Waals surface area contributed by atoms with E-state index in [9.17, 15) is 0 Å². The Balaban J connectivity index is 0.00000484. The molecular weight excluding hydrogens is 401 g/mol. The highest BCUT2D eigenvalue weighted by molar-refractivity contribution is 14.0. The van der Waals surface area contributed by atoms with Crippen LogP contribution in [0.15, 0.2) is 41.9 Å². The van der Waals surface area contributed by atoms with Crippen molar-refractivity contribution in [3.63, 3.8) is 0 Å². The number of hydrogen-bond donors (Lipinski definition) is 1. The quantitative estimate of drug-likeness (QED) is 0.213. The number of ether oxygens (including phenoxy) is 1. The second-order valence-electron chi connectivity index (χ2n) is 5.28. The standard InChI is InChI=1S/C18H29N3O.HI/c1-5-6-7-14-21(3)18(19-2)20-13-9-11-16-10-8-12-17(15-16)22-4;/h5,8,10,12,15H,1,6-7,9,11,13-14H2,2-4H3,(H,19,20);1H. The largest absolute Gasteiger partial charge is 0.497 e. The zero-order chi connectivity index (χ0) is 16.2. The van der Waals surface area contributed by atoms with Crippen LogP contribution in [-0.4, -0.2) is 45.2 Å². The van der Waals surface area contributed by atoms with Gasteiger partial charge in [-0.05, 0) is 43.4 Å². The molecule has 0 amide bonds. The summed E-state index contributed by atoms with van der Waals surface area (Å²) in [6.07, 6.45) is 6.19. The fourth-order valence-electron chi connectivity index (χ4n) is 2.28. The Morgan fingerprint density at radius 2 is 2.17 bits per heavy atom. The summed E-state index contributed by atoms with van der Waals surface area (Å²) in [7, 11) is 5.60. The van der Waals surface area contributed by atoms with E-state index in [0.717, 1.165) is 50.5 Å². The minimum atomic E-state index is 0. The van der Waals surface area contributed by atoms with Gasteiger partial charge < -0.3 is 15.0 Å². The Morgan fingerprint density at radius 1 is 1.39 bits per heavy atom. The zero-order valence-corrected chi connectivity index (χ0v) is 16.9. The number of halogens is 1. The molecule has 0 saturated carbocycles. The molecule has 0 fully saturated rings. The summed E-state index contributed by atoms with van der Waals surface area (Å²) < 4.78 is 5.25. The van der Waals surface area contributed by atoms with Gasteiger partial charge in [-0.1, -0.05) is 18.2 Å². The molecule has 0 heterocycles. The van der Waals surface area contributed by atoms with Crippen molar-refractivity contribution < 1.29 is 4.74 Å². The van der Waals surface area contributed by atoms with Crippen LogP contribution in [0.5, 0.6) is 5.75 Å². The van der Waals surface area contributed by atoms with Gasteiger partial charge in [0.15, 0.2) is 5.96 Å². The van der Waals surface area contributed by atoms with Crippen LogP contribution < -0.4 is 10.1 Å². The van der Waals surface area contributed by atoms with Crippen molar-refractivity contribution in [1.29, 1.82) is 0 Å². The van der Waals surface area contributed by atoms with Gasteiger partial charge in [0.1, 0.15) is 5.75 Å². The Hall–Kier alpha value is -1.24. The highest BCUT2D eigenvalue weighted by atomic mass is 127. The van der Waals surface area contributed by atoms with E-state index in [4.69, 9.17) is 4.74 Å². The highest BCUT2D eigenvalue weighted by Crippen LogP contribution is 2.13. The molecule has 1 aromatic rings. The summed E-state index contributed by atoms with van der Waals surface area (Å²) in [5.41, 5.74) is 1.30. The van der Waals surface area contributed by atoms with E-state index >= 15 is 0 Å². The molecule has 4 nitrogen and oxygen atoms in total. The van der Waals surface area contributed by atoms with Crippen molar-refractivity contribution in [2.75, 3.05) is 34.3 Å².